The number of aromatic carboxylic acids is 1. The van der Waals surface area contributed by atoms with Crippen LogP contribution in [0.1, 0.15) is 50.5 Å². The van der Waals surface area contributed by atoms with E-state index in [2.05, 4.69) is 5.32 Å². The predicted octanol–water partition coefficient (Wildman–Crippen LogP) is 3.19. The molecule has 0 unspecified atom stereocenters. The minimum atomic E-state index is -1.09. The van der Waals surface area contributed by atoms with Crippen molar-refractivity contribution in [3.63, 3.8) is 0 Å². The number of carbonyl (C=O) groups is 2. The molecule has 2 N–H and O–H groups in total. The number of rotatable bonds is 5. The first kappa shape index (κ1) is 20.5. The highest BCUT2D eigenvalue weighted by atomic mass is 35.5. The van der Waals surface area contributed by atoms with Crippen molar-refractivity contribution in [3.8, 4) is 0 Å². The van der Waals surface area contributed by atoms with Gasteiger partial charge in [0, 0.05) is 13.5 Å². The summed E-state index contributed by atoms with van der Waals surface area (Å²) in [6, 6.07) is 4.65. The minimum absolute atomic E-state index is 0.0304. The Hall–Kier alpha value is -1.83. The van der Waals surface area contributed by atoms with Crippen molar-refractivity contribution in [2.75, 3.05) is 6.54 Å². The standard InChI is InChI=1S/C18H23BClNO5/c1-11(22)21-10-13(19-25-17(2,3)18(4,5)26-19)8-12-6-7-14(16(23)24)15(20)9-12/h6-9H,10H2,1-5H3,(H,21,22)(H,23,24). The smallest absolute Gasteiger partial charge is 0.478 e. The molecular weight excluding hydrogens is 356 g/mol. The van der Waals surface area contributed by atoms with Gasteiger partial charge >= 0.3 is 13.1 Å². The van der Waals surface area contributed by atoms with E-state index in [1.165, 1.54) is 13.0 Å². The number of carboxylic acids is 1. The van der Waals surface area contributed by atoms with E-state index >= 15 is 0 Å². The molecule has 1 aliphatic heterocycles. The van der Waals surface area contributed by atoms with Crippen LogP contribution >= 0.6 is 11.6 Å². The second kappa shape index (κ2) is 7.43. The summed E-state index contributed by atoms with van der Waals surface area (Å²) in [6.07, 6.45) is 1.79. The van der Waals surface area contributed by atoms with Crippen molar-refractivity contribution >= 4 is 36.7 Å². The Kier molecular flexibility index (Phi) is 5.85. The van der Waals surface area contributed by atoms with Crippen LogP contribution in [0.3, 0.4) is 0 Å². The van der Waals surface area contributed by atoms with Crippen LogP contribution in [0.15, 0.2) is 23.7 Å². The number of amides is 1. The van der Waals surface area contributed by atoms with E-state index in [4.69, 9.17) is 26.0 Å². The first-order valence-electron chi connectivity index (χ1n) is 8.26. The zero-order valence-corrected chi connectivity index (χ0v) is 16.3. The third kappa shape index (κ3) is 4.47. The fourth-order valence-electron chi connectivity index (χ4n) is 2.43. The average Bonchev–Trinajstić information content (AvgIpc) is 2.71. The Morgan fingerprint density at radius 2 is 1.81 bits per heavy atom. The van der Waals surface area contributed by atoms with E-state index in [1.54, 1.807) is 18.2 Å². The zero-order chi connectivity index (χ0) is 19.7. The van der Waals surface area contributed by atoms with Crippen LogP contribution in [0.2, 0.25) is 5.02 Å². The number of hydrogen-bond donors (Lipinski definition) is 2. The van der Waals surface area contributed by atoms with Gasteiger partial charge < -0.3 is 19.7 Å². The maximum absolute atomic E-state index is 11.3. The number of benzene rings is 1. The van der Waals surface area contributed by atoms with Gasteiger partial charge in [-0.05, 0) is 50.9 Å². The summed E-state index contributed by atoms with van der Waals surface area (Å²) in [4.78, 5) is 22.4. The van der Waals surface area contributed by atoms with Gasteiger partial charge in [-0.1, -0.05) is 23.7 Å². The molecule has 1 fully saturated rings. The average molecular weight is 380 g/mol. The number of hydrogen-bond acceptors (Lipinski definition) is 4. The monoisotopic (exact) mass is 379 g/mol. The lowest BCUT2D eigenvalue weighted by Gasteiger charge is -2.32. The molecule has 140 valence electrons. The molecule has 1 aromatic carbocycles. The molecule has 1 aliphatic rings. The van der Waals surface area contributed by atoms with Gasteiger partial charge in [-0.3, -0.25) is 4.79 Å². The Morgan fingerprint density at radius 1 is 1.23 bits per heavy atom. The van der Waals surface area contributed by atoms with Crippen LogP contribution in [-0.2, 0) is 14.1 Å². The fraction of sp³-hybridized carbons (Fsp3) is 0.444. The fourth-order valence-corrected chi connectivity index (χ4v) is 2.70. The Bertz CT molecular complexity index is 744. The summed E-state index contributed by atoms with van der Waals surface area (Å²) in [5.74, 6) is -1.26. The molecule has 0 spiro atoms. The first-order chi connectivity index (χ1) is 11.9. The van der Waals surface area contributed by atoms with Crippen molar-refractivity contribution in [3.05, 3.63) is 39.8 Å². The van der Waals surface area contributed by atoms with E-state index in [9.17, 15) is 9.59 Å². The van der Waals surface area contributed by atoms with Crippen LogP contribution in [0.25, 0.3) is 6.08 Å². The highest BCUT2D eigenvalue weighted by Crippen LogP contribution is 2.38. The SMILES string of the molecule is CC(=O)NCC(=Cc1ccc(C(=O)O)c(Cl)c1)B1OC(C)(C)C(C)(C)O1. The summed E-state index contributed by atoms with van der Waals surface area (Å²) in [7, 11) is -0.634. The van der Waals surface area contributed by atoms with E-state index in [1.807, 2.05) is 27.7 Å². The quantitative estimate of drug-likeness (QED) is 0.768. The third-order valence-corrected chi connectivity index (χ3v) is 4.99. The molecular formula is C18H23BClNO5. The Balaban J connectivity index is 2.36. The second-order valence-corrected chi connectivity index (χ2v) is 7.67. The van der Waals surface area contributed by atoms with E-state index in [0.717, 1.165) is 0 Å². The largest absolute Gasteiger partial charge is 0.492 e. The molecule has 1 saturated heterocycles. The van der Waals surface area contributed by atoms with Crippen LogP contribution < -0.4 is 5.32 Å². The summed E-state index contributed by atoms with van der Waals surface area (Å²) in [5, 5.41) is 12.0. The van der Waals surface area contributed by atoms with Crippen molar-refractivity contribution in [1.29, 1.82) is 0 Å². The molecule has 2 rings (SSSR count). The number of carboxylic acid groups (broad SMARTS) is 1. The van der Waals surface area contributed by atoms with Gasteiger partial charge in [0.05, 0.1) is 21.8 Å². The lowest BCUT2D eigenvalue weighted by molar-refractivity contribution is -0.118. The summed E-state index contributed by atoms with van der Waals surface area (Å²) < 4.78 is 12.1. The summed E-state index contributed by atoms with van der Waals surface area (Å²) in [5.41, 5.74) is 0.395. The predicted molar refractivity (Wildman–Crippen MR) is 101 cm³/mol. The zero-order valence-electron chi connectivity index (χ0n) is 15.6. The van der Waals surface area contributed by atoms with E-state index in [-0.39, 0.29) is 23.0 Å². The molecule has 1 heterocycles. The van der Waals surface area contributed by atoms with Gasteiger partial charge in [0.15, 0.2) is 0 Å². The topological polar surface area (TPSA) is 84.9 Å². The van der Waals surface area contributed by atoms with Gasteiger partial charge in [-0.25, -0.2) is 4.79 Å². The van der Waals surface area contributed by atoms with E-state index < -0.39 is 24.3 Å². The van der Waals surface area contributed by atoms with Crippen molar-refractivity contribution in [2.45, 2.75) is 45.8 Å². The molecule has 1 amide bonds. The molecule has 0 saturated carbocycles. The van der Waals surface area contributed by atoms with Gasteiger partial charge in [-0.15, -0.1) is 0 Å². The normalized spacial score (nSPS) is 18.7. The van der Waals surface area contributed by atoms with Gasteiger partial charge in [0.1, 0.15) is 0 Å². The Morgan fingerprint density at radius 3 is 2.27 bits per heavy atom. The second-order valence-electron chi connectivity index (χ2n) is 7.26. The van der Waals surface area contributed by atoms with Crippen LogP contribution in [0.4, 0.5) is 0 Å². The lowest BCUT2D eigenvalue weighted by Crippen LogP contribution is -2.41. The van der Waals surface area contributed by atoms with Crippen LogP contribution in [-0.4, -0.2) is 41.8 Å². The molecule has 6 nitrogen and oxygen atoms in total. The highest BCUT2D eigenvalue weighted by Gasteiger charge is 2.52. The molecule has 0 bridgehead atoms. The van der Waals surface area contributed by atoms with Crippen molar-refractivity contribution < 1.29 is 24.0 Å². The molecule has 0 atom stereocenters. The molecule has 26 heavy (non-hydrogen) atoms. The number of carbonyl (C=O) groups excluding carboxylic acids is 1. The highest BCUT2D eigenvalue weighted by molar-refractivity contribution is 6.56. The Labute approximate surface area is 158 Å². The molecule has 0 radical (unpaired) electrons. The van der Waals surface area contributed by atoms with Gasteiger partial charge in [-0.2, -0.15) is 0 Å². The number of nitrogens with one attached hydrogen (secondary N) is 1. The van der Waals surface area contributed by atoms with Gasteiger partial charge in [0.25, 0.3) is 0 Å². The molecule has 1 aromatic rings. The maximum Gasteiger partial charge on any atom is 0.492 e. The molecule has 8 heteroatoms. The minimum Gasteiger partial charge on any atom is -0.478 e. The van der Waals surface area contributed by atoms with Crippen LogP contribution in [0, 0.1) is 0 Å². The summed E-state index contributed by atoms with van der Waals surface area (Å²) in [6.45, 7) is 9.46. The van der Waals surface area contributed by atoms with Crippen LogP contribution in [0.5, 0.6) is 0 Å². The number of halogens is 1. The molecule has 0 aromatic heterocycles. The maximum atomic E-state index is 11.3. The summed E-state index contributed by atoms with van der Waals surface area (Å²) >= 11 is 6.04. The third-order valence-electron chi connectivity index (χ3n) is 4.67. The molecule has 0 aliphatic carbocycles. The first-order valence-corrected chi connectivity index (χ1v) is 8.64. The van der Waals surface area contributed by atoms with Gasteiger partial charge in [0.2, 0.25) is 5.91 Å². The van der Waals surface area contributed by atoms with E-state index in [0.29, 0.717) is 11.0 Å². The lowest BCUT2D eigenvalue weighted by atomic mass is 9.77. The van der Waals surface area contributed by atoms with Crippen molar-refractivity contribution in [2.24, 2.45) is 0 Å². The van der Waals surface area contributed by atoms with Crippen molar-refractivity contribution in [1.82, 2.24) is 5.32 Å².